The zero-order valence-electron chi connectivity index (χ0n) is 25.2. The Morgan fingerprint density at radius 2 is 1.95 bits per heavy atom. The molecule has 5 atom stereocenters. The van der Waals surface area contributed by atoms with Crippen LogP contribution in [0.15, 0.2) is 18.7 Å². The molecule has 2 bridgehead atoms. The number of nitriles is 1. The lowest BCUT2D eigenvalue weighted by molar-refractivity contribution is -0.0832. The molecule has 0 amide bonds. The Kier molecular flexibility index (Phi) is 6.91. The number of piperazine rings is 1. The van der Waals surface area contributed by atoms with Crippen LogP contribution in [0.2, 0.25) is 0 Å². The number of methoxy groups -OCH3 is 2. The fourth-order valence-corrected chi connectivity index (χ4v) is 7.57. The Morgan fingerprint density at radius 1 is 1.15 bits per heavy atom. The molecule has 10 nitrogen and oxygen atoms in total. The zero-order chi connectivity index (χ0) is 29.7. The number of ether oxygens (including phenoxy) is 6. The summed E-state index contributed by atoms with van der Waals surface area (Å²) >= 11 is 0. The van der Waals surface area contributed by atoms with Crippen LogP contribution in [0.25, 0.3) is 0 Å². The van der Waals surface area contributed by atoms with Gasteiger partial charge in [-0.1, -0.05) is 18.7 Å². The Hall–Kier alpha value is -3.49. The molecule has 4 aliphatic rings. The van der Waals surface area contributed by atoms with Crippen molar-refractivity contribution < 1.29 is 33.5 Å². The maximum Gasteiger partial charge on any atom is 0.231 e. The highest BCUT2D eigenvalue weighted by Crippen LogP contribution is 2.58. The molecule has 1 N–H and O–H groups in total. The van der Waals surface area contributed by atoms with Gasteiger partial charge in [0.1, 0.15) is 18.4 Å². The molecular weight excluding hydrogens is 526 g/mol. The highest BCUT2D eigenvalue weighted by atomic mass is 16.7. The Labute approximate surface area is 242 Å². The second-order valence-electron chi connectivity index (χ2n) is 11.0. The summed E-state index contributed by atoms with van der Waals surface area (Å²) in [5, 5.41) is 15.8. The van der Waals surface area contributed by atoms with E-state index in [2.05, 4.69) is 35.6 Å². The third-order valence-corrected chi connectivity index (χ3v) is 9.07. The van der Waals surface area contributed by atoms with E-state index in [1.54, 1.807) is 20.3 Å². The summed E-state index contributed by atoms with van der Waals surface area (Å²) in [6, 6.07) is 3.42. The Bertz CT molecular complexity index is 1440. The number of aryl methyl sites for hydroxylation is 1. The molecule has 218 valence electrons. The van der Waals surface area contributed by atoms with Crippen molar-refractivity contribution in [3.8, 4) is 34.8 Å². The van der Waals surface area contributed by atoms with Gasteiger partial charge in [-0.15, -0.1) is 0 Å². The van der Waals surface area contributed by atoms with Crippen LogP contribution < -0.4 is 23.7 Å². The van der Waals surface area contributed by atoms with Crippen LogP contribution in [-0.2, 0) is 17.6 Å². The van der Waals surface area contributed by atoms with Gasteiger partial charge in [0.05, 0.1) is 31.9 Å². The Balaban J connectivity index is 1.61. The summed E-state index contributed by atoms with van der Waals surface area (Å²) in [4.78, 5) is 4.54. The number of rotatable bonds is 9. The summed E-state index contributed by atoms with van der Waals surface area (Å²) in [5.74, 6) is 3.31. The first-order valence-electron chi connectivity index (χ1n) is 14.3. The molecule has 1 saturated heterocycles. The van der Waals surface area contributed by atoms with Gasteiger partial charge in [0.2, 0.25) is 8.22 Å². The summed E-state index contributed by atoms with van der Waals surface area (Å²) in [5.41, 5.74) is 5.81. The quantitative estimate of drug-likeness (QED) is 0.359. The molecular formula is C31H37N3O7. The molecule has 0 radical (unpaired) electrons. The number of aliphatic hydroxyl groups is 1. The third-order valence-electron chi connectivity index (χ3n) is 9.07. The molecule has 0 saturated carbocycles. The smallest absolute Gasteiger partial charge is 0.231 e. The molecule has 10 heteroatoms. The number of hydrogen-bond acceptors (Lipinski definition) is 10. The standard InChI is InChI=1S/C31H37N3O7/c1-7-8-38-28-17(3)29-31(41-15-40-29)25-19(28)11-21-26-24-18(9-16(2)27(37-6)30(24)39-14-36-5)10-20(33(26)4)22(12-32)34(21)23(25)13-35/h7,9,20-23,26,35H,1,8,10-11,13-15H2,2-6H3/t20-,21-,22-,23-,26?/m0/s1/i35T. The molecule has 0 aliphatic carbocycles. The fraction of sp³-hybridized carbons (Fsp3) is 0.516. The molecule has 0 spiro atoms. The van der Waals surface area contributed by atoms with E-state index < -0.39 is 12.1 Å². The average molecular weight is 566 g/mol. The lowest BCUT2D eigenvalue weighted by atomic mass is 9.71. The van der Waals surface area contributed by atoms with Crippen LogP contribution in [0.1, 0.15) is 45.5 Å². The van der Waals surface area contributed by atoms with Crippen molar-refractivity contribution >= 4 is 0 Å². The van der Waals surface area contributed by atoms with Gasteiger partial charge >= 0.3 is 0 Å². The lowest BCUT2D eigenvalue weighted by Crippen LogP contribution is -2.68. The van der Waals surface area contributed by atoms with E-state index in [9.17, 15) is 5.26 Å². The van der Waals surface area contributed by atoms with Crippen LogP contribution >= 0.6 is 0 Å². The second kappa shape index (κ2) is 10.7. The van der Waals surface area contributed by atoms with Crippen molar-refractivity contribution in [1.82, 2.24) is 9.80 Å². The molecule has 0 aromatic heterocycles. The Morgan fingerprint density at radius 3 is 2.66 bits per heavy atom. The number of fused-ring (bicyclic) bond motifs is 9. The molecule has 1 fully saturated rings. The number of nitrogens with zero attached hydrogens (tertiary/aromatic N) is 3. The first-order chi connectivity index (χ1) is 20.4. The minimum absolute atomic E-state index is 0.0434. The molecule has 4 aliphatic heterocycles. The van der Waals surface area contributed by atoms with Gasteiger partial charge in [-0.2, -0.15) is 5.26 Å². The average Bonchev–Trinajstić information content (AvgIpc) is 3.47. The summed E-state index contributed by atoms with van der Waals surface area (Å²) in [6.45, 7) is 8.34. The first-order valence-corrected chi connectivity index (χ1v) is 13.9. The van der Waals surface area contributed by atoms with Crippen LogP contribution in [0, 0.1) is 25.2 Å². The van der Waals surface area contributed by atoms with Gasteiger partial charge in [0, 0.05) is 41.4 Å². The van der Waals surface area contributed by atoms with E-state index in [0.29, 0.717) is 42.4 Å². The first kappa shape index (κ1) is 26.4. The van der Waals surface area contributed by atoms with Crippen LogP contribution in [0.4, 0.5) is 0 Å². The molecule has 2 aromatic carbocycles. The topological polar surface area (TPSA) is 106 Å². The monoisotopic (exact) mass is 565 g/mol. The van der Waals surface area contributed by atoms with Crippen molar-refractivity contribution in [2.45, 2.75) is 56.9 Å². The number of likely N-dealkylation sites (N-methyl/N-ethyl adjacent to an activating group) is 1. The van der Waals surface area contributed by atoms with Gasteiger partial charge in [0.15, 0.2) is 29.8 Å². The van der Waals surface area contributed by atoms with E-state index in [1.165, 1.54) is 0 Å². The lowest BCUT2D eigenvalue weighted by Gasteiger charge is -2.59. The zero-order valence-corrected chi connectivity index (χ0v) is 24.2. The van der Waals surface area contributed by atoms with Gasteiger partial charge in [-0.05, 0) is 44.9 Å². The SMILES string of the molecule is [3H]OC[C@H]1c2c(c(OCC=C)c(C)c3c2OCO3)C[C@H]2C3c4c(cc(C)c(OC)c4OCOC)C[C@@H]([C@H](C#N)N12)N3C. The van der Waals surface area contributed by atoms with Crippen molar-refractivity contribution in [3.63, 3.8) is 0 Å². The second-order valence-corrected chi connectivity index (χ2v) is 11.0. The van der Waals surface area contributed by atoms with Crippen molar-refractivity contribution in [2.24, 2.45) is 0 Å². The molecule has 41 heavy (non-hydrogen) atoms. The van der Waals surface area contributed by atoms with Gasteiger partial charge in [-0.25, -0.2) is 0 Å². The summed E-state index contributed by atoms with van der Waals surface area (Å²) in [7, 11) is 5.32. The number of hydrogen-bond donors (Lipinski definition) is 1. The predicted octanol–water partition coefficient (Wildman–Crippen LogP) is 3.35. The van der Waals surface area contributed by atoms with Crippen LogP contribution in [0.5, 0.6) is 28.7 Å². The fourth-order valence-electron chi connectivity index (χ4n) is 7.57. The van der Waals surface area contributed by atoms with E-state index in [0.717, 1.165) is 39.1 Å². The van der Waals surface area contributed by atoms with Gasteiger partial charge < -0.3 is 33.5 Å². The highest BCUT2D eigenvalue weighted by molar-refractivity contribution is 5.66. The maximum atomic E-state index is 10.7. The highest BCUT2D eigenvalue weighted by Gasteiger charge is 2.56. The third kappa shape index (κ3) is 3.98. The normalized spacial score (nSPS) is 26.2. The maximum absolute atomic E-state index is 10.7. The molecule has 1 unspecified atom stereocenters. The minimum Gasteiger partial charge on any atom is -0.493 e. The van der Waals surface area contributed by atoms with E-state index in [1.807, 2.05) is 13.8 Å². The van der Waals surface area contributed by atoms with Crippen molar-refractivity contribution in [2.75, 3.05) is 48.1 Å². The van der Waals surface area contributed by atoms with Gasteiger partial charge in [-0.3, -0.25) is 9.80 Å². The summed E-state index contributed by atoms with van der Waals surface area (Å²) in [6.07, 6.45) is 2.93. The van der Waals surface area contributed by atoms with Gasteiger partial charge in [0.25, 0.3) is 0 Å². The van der Waals surface area contributed by atoms with Crippen molar-refractivity contribution in [1.29, 1.82) is 6.69 Å². The van der Waals surface area contributed by atoms with Crippen molar-refractivity contribution in [3.05, 3.63) is 52.1 Å². The summed E-state index contributed by atoms with van der Waals surface area (Å²) < 4.78 is 43.5. The van der Waals surface area contributed by atoms with Crippen LogP contribution in [-0.4, -0.2) is 82.5 Å². The van der Waals surface area contributed by atoms with E-state index >= 15 is 0 Å². The molecule has 6 rings (SSSR count). The number of benzene rings is 2. The minimum atomic E-state index is -0.472. The largest absolute Gasteiger partial charge is 0.493 e. The molecule has 4 heterocycles. The molecule has 2 aromatic rings. The van der Waals surface area contributed by atoms with E-state index in [-0.39, 0.29) is 38.3 Å². The van der Waals surface area contributed by atoms with Crippen LogP contribution in [0.3, 0.4) is 0 Å². The van der Waals surface area contributed by atoms with E-state index in [4.69, 9.17) is 35.0 Å². The number of aliphatic hydroxyl groups excluding tert-OH is 1. The predicted molar refractivity (Wildman–Crippen MR) is 150 cm³/mol.